The van der Waals surface area contributed by atoms with Gasteiger partial charge in [-0.25, -0.2) is 0 Å². The molecule has 2 N–H and O–H groups in total. The molecular formula is C21H30O3Si. The summed E-state index contributed by atoms with van der Waals surface area (Å²) in [7, 11) is -2.61. The van der Waals surface area contributed by atoms with Crippen molar-refractivity contribution in [1.29, 1.82) is 0 Å². The molecule has 0 heterocycles. The Morgan fingerprint density at radius 1 is 0.760 bits per heavy atom. The third-order valence-corrected chi connectivity index (χ3v) is 9.80. The average molecular weight is 359 g/mol. The zero-order valence-electron chi connectivity index (χ0n) is 15.7. The maximum absolute atomic E-state index is 9.70. The lowest BCUT2D eigenvalue weighted by Crippen LogP contribution is -2.67. The first-order chi connectivity index (χ1) is 11.8. The maximum atomic E-state index is 9.70. The topological polar surface area (TPSA) is 49.7 Å². The van der Waals surface area contributed by atoms with Gasteiger partial charge in [0.2, 0.25) is 0 Å². The standard InChI is InChI=1S/C21H30O3Si/c1-20(2,3)25(18-11-7-5-8-12-18,19-13-9-6-10-14-19)24-17-21(4,15-22)16-23/h5-14,22-23H,15-17H2,1-4H3. The lowest BCUT2D eigenvalue weighted by Gasteiger charge is -2.44. The monoisotopic (exact) mass is 358 g/mol. The molecule has 0 saturated heterocycles. The predicted molar refractivity (Wildman–Crippen MR) is 106 cm³/mol. The fourth-order valence-corrected chi connectivity index (χ4v) is 7.91. The van der Waals surface area contributed by atoms with Gasteiger partial charge in [-0.05, 0) is 15.4 Å². The maximum Gasteiger partial charge on any atom is 0.261 e. The highest BCUT2D eigenvalue weighted by atomic mass is 28.4. The highest BCUT2D eigenvalue weighted by Crippen LogP contribution is 2.37. The van der Waals surface area contributed by atoms with Crippen LogP contribution in [0.25, 0.3) is 0 Å². The third-order valence-electron chi connectivity index (χ3n) is 4.82. The summed E-state index contributed by atoms with van der Waals surface area (Å²) in [5, 5.41) is 21.7. The van der Waals surface area contributed by atoms with Gasteiger partial charge in [-0.3, -0.25) is 0 Å². The number of hydrogen-bond acceptors (Lipinski definition) is 3. The Labute approximate surface area is 152 Å². The predicted octanol–water partition coefficient (Wildman–Crippen LogP) is 2.55. The van der Waals surface area contributed by atoms with Crippen LogP contribution in [-0.4, -0.2) is 38.4 Å². The molecule has 3 nitrogen and oxygen atoms in total. The largest absolute Gasteiger partial charge is 0.407 e. The van der Waals surface area contributed by atoms with E-state index in [1.807, 2.05) is 43.3 Å². The summed E-state index contributed by atoms with van der Waals surface area (Å²) >= 11 is 0. The first-order valence-electron chi connectivity index (χ1n) is 8.76. The van der Waals surface area contributed by atoms with Crippen LogP contribution < -0.4 is 10.4 Å². The number of aliphatic hydroxyl groups is 2. The van der Waals surface area contributed by atoms with Crippen molar-refractivity contribution in [1.82, 2.24) is 0 Å². The Morgan fingerprint density at radius 2 is 1.16 bits per heavy atom. The fraction of sp³-hybridized carbons (Fsp3) is 0.429. The Bertz CT molecular complexity index is 606. The van der Waals surface area contributed by atoms with Gasteiger partial charge >= 0.3 is 0 Å². The van der Waals surface area contributed by atoms with E-state index in [9.17, 15) is 10.2 Å². The SMILES string of the molecule is CC(CO)(CO)CO[Si](c1ccccc1)(c1ccccc1)C(C)(C)C. The van der Waals surface area contributed by atoms with Crippen molar-refractivity contribution in [2.75, 3.05) is 19.8 Å². The molecule has 25 heavy (non-hydrogen) atoms. The summed E-state index contributed by atoms with van der Waals surface area (Å²) in [6.07, 6.45) is 0. The van der Waals surface area contributed by atoms with E-state index in [1.54, 1.807) is 0 Å². The molecule has 0 aliphatic heterocycles. The highest BCUT2D eigenvalue weighted by molar-refractivity contribution is 6.99. The smallest absolute Gasteiger partial charge is 0.261 e. The van der Waals surface area contributed by atoms with Crippen molar-refractivity contribution >= 4 is 18.7 Å². The Kier molecular flexibility index (Phi) is 6.22. The normalized spacial score (nSPS) is 13.0. The molecule has 0 saturated carbocycles. The van der Waals surface area contributed by atoms with Gasteiger partial charge in [0, 0.05) is 12.0 Å². The van der Waals surface area contributed by atoms with Crippen LogP contribution >= 0.6 is 0 Å². The van der Waals surface area contributed by atoms with Crippen molar-refractivity contribution in [2.24, 2.45) is 5.41 Å². The Balaban J connectivity index is 2.61. The summed E-state index contributed by atoms with van der Waals surface area (Å²) in [4.78, 5) is 0. The first-order valence-corrected chi connectivity index (χ1v) is 10.7. The van der Waals surface area contributed by atoms with E-state index in [0.717, 1.165) is 0 Å². The van der Waals surface area contributed by atoms with Gasteiger partial charge in [0.1, 0.15) is 0 Å². The first kappa shape index (κ1) is 19.9. The van der Waals surface area contributed by atoms with Crippen LogP contribution in [0.3, 0.4) is 0 Å². The quantitative estimate of drug-likeness (QED) is 0.748. The van der Waals surface area contributed by atoms with Gasteiger partial charge in [-0.1, -0.05) is 88.4 Å². The van der Waals surface area contributed by atoms with Crippen molar-refractivity contribution in [3.05, 3.63) is 60.7 Å². The van der Waals surface area contributed by atoms with Crippen LogP contribution in [-0.2, 0) is 4.43 Å². The minimum Gasteiger partial charge on any atom is -0.407 e. The molecule has 4 heteroatoms. The van der Waals surface area contributed by atoms with Crippen molar-refractivity contribution in [3.63, 3.8) is 0 Å². The number of aliphatic hydroxyl groups excluding tert-OH is 2. The van der Waals surface area contributed by atoms with Gasteiger partial charge in [-0.2, -0.15) is 0 Å². The second-order valence-corrected chi connectivity index (χ2v) is 12.4. The van der Waals surface area contributed by atoms with E-state index in [1.165, 1.54) is 10.4 Å². The summed E-state index contributed by atoms with van der Waals surface area (Å²) in [6.45, 7) is 8.60. The molecule has 2 aromatic rings. The van der Waals surface area contributed by atoms with Crippen LogP contribution in [0.15, 0.2) is 60.7 Å². The summed E-state index contributed by atoms with van der Waals surface area (Å²) in [5.74, 6) is 0. The van der Waals surface area contributed by atoms with Gasteiger partial charge in [-0.15, -0.1) is 0 Å². The molecule has 0 aromatic heterocycles. The van der Waals surface area contributed by atoms with Crippen LogP contribution in [0.4, 0.5) is 0 Å². The van der Waals surface area contributed by atoms with Gasteiger partial charge < -0.3 is 14.6 Å². The van der Waals surface area contributed by atoms with E-state index in [0.29, 0.717) is 6.61 Å². The van der Waals surface area contributed by atoms with Gasteiger partial charge in [0.25, 0.3) is 8.32 Å². The molecule has 2 rings (SSSR count). The molecular weight excluding hydrogens is 328 g/mol. The third kappa shape index (κ3) is 4.03. The molecule has 0 bridgehead atoms. The van der Waals surface area contributed by atoms with E-state index < -0.39 is 13.7 Å². The summed E-state index contributed by atoms with van der Waals surface area (Å²) in [6, 6.07) is 20.8. The van der Waals surface area contributed by atoms with Crippen molar-refractivity contribution in [2.45, 2.75) is 32.7 Å². The van der Waals surface area contributed by atoms with E-state index >= 15 is 0 Å². The van der Waals surface area contributed by atoms with Crippen LogP contribution in [0.5, 0.6) is 0 Å². The molecule has 0 aliphatic carbocycles. The zero-order valence-corrected chi connectivity index (χ0v) is 16.7. The second-order valence-electron chi connectivity index (χ2n) is 8.08. The highest BCUT2D eigenvalue weighted by Gasteiger charge is 2.50. The van der Waals surface area contributed by atoms with E-state index in [2.05, 4.69) is 45.0 Å². The van der Waals surface area contributed by atoms with Crippen LogP contribution in [0, 0.1) is 5.41 Å². The van der Waals surface area contributed by atoms with Gasteiger partial charge in [0.15, 0.2) is 0 Å². The lowest BCUT2D eigenvalue weighted by molar-refractivity contribution is 0.0255. The Morgan fingerprint density at radius 3 is 1.48 bits per heavy atom. The molecule has 0 radical (unpaired) electrons. The minimum atomic E-state index is -2.61. The molecule has 0 aliphatic rings. The molecule has 0 unspecified atom stereocenters. The Hall–Kier alpha value is -1.46. The van der Waals surface area contributed by atoms with Crippen molar-refractivity contribution < 1.29 is 14.6 Å². The van der Waals surface area contributed by atoms with E-state index in [-0.39, 0.29) is 18.3 Å². The zero-order chi connectivity index (χ0) is 18.6. The van der Waals surface area contributed by atoms with E-state index in [4.69, 9.17) is 4.43 Å². The molecule has 0 atom stereocenters. The number of rotatable bonds is 7. The molecule has 0 amide bonds. The lowest BCUT2D eigenvalue weighted by atomic mass is 9.95. The molecule has 0 fully saturated rings. The number of benzene rings is 2. The average Bonchev–Trinajstić information content (AvgIpc) is 2.62. The summed E-state index contributed by atoms with van der Waals surface area (Å²) < 4.78 is 6.73. The number of hydrogen-bond donors (Lipinski definition) is 2. The molecule has 2 aromatic carbocycles. The fourth-order valence-electron chi connectivity index (χ4n) is 3.19. The van der Waals surface area contributed by atoms with Crippen molar-refractivity contribution in [3.8, 4) is 0 Å². The van der Waals surface area contributed by atoms with Gasteiger partial charge in [0.05, 0.1) is 13.2 Å². The van der Waals surface area contributed by atoms with Crippen LogP contribution in [0.2, 0.25) is 5.04 Å². The molecule has 0 spiro atoms. The minimum absolute atomic E-state index is 0.109. The second kappa shape index (κ2) is 7.83. The summed E-state index contributed by atoms with van der Waals surface area (Å²) in [5.41, 5.74) is -0.660. The van der Waals surface area contributed by atoms with Crippen LogP contribution in [0.1, 0.15) is 27.7 Å². The molecule has 136 valence electrons.